The molecule has 0 saturated carbocycles. The number of nitrogens with zero attached hydrogens (tertiary/aromatic N) is 2. The Kier molecular flexibility index (Phi) is 3.32. The van der Waals surface area contributed by atoms with E-state index in [4.69, 9.17) is 34.8 Å². The maximum atomic E-state index is 6.27. The molecule has 7 heteroatoms. The van der Waals surface area contributed by atoms with Crippen molar-refractivity contribution in [1.29, 1.82) is 0 Å². The van der Waals surface area contributed by atoms with Crippen molar-refractivity contribution in [3.05, 3.63) is 44.8 Å². The average Bonchev–Trinajstić information content (AvgIpc) is 3.00. The fraction of sp³-hybridized carbons (Fsp3) is 0. The van der Waals surface area contributed by atoms with Gasteiger partial charge in [0.05, 0.1) is 15.4 Å². The fourth-order valence-corrected chi connectivity index (χ4v) is 4.91. The summed E-state index contributed by atoms with van der Waals surface area (Å²) in [5.74, 6) is 0.588. The number of aromatic nitrogens is 2. The summed E-state index contributed by atoms with van der Waals surface area (Å²) in [6.07, 6.45) is 0. The molecule has 4 rings (SSSR count). The van der Waals surface area contributed by atoms with Crippen LogP contribution in [0, 0.1) is 0 Å². The standard InChI is InChI=1S/C14H5Cl3N2S2/c15-6-3-7-12(8(16)4-6)18-14(19-13(7)17)11-5-10-9(21-11)1-2-20-10/h1-5H. The van der Waals surface area contributed by atoms with E-state index in [1.54, 1.807) is 34.8 Å². The van der Waals surface area contributed by atoms with Crippen LogP contribution in [0.3, 0.4) is 0 Å². The molecule has 0 aliphatic carbocycles. The molecule has 0 radical (unpaired) electrons. The summed E-state index contributed by atoms with van der Waals surface area (Å²) in [5, 5.41) is 4.08. The SMILES string of the molecule is Clc1cc(Cl)c2nc(-c3cc4sccc4s3)nc(Cl)c2c1. The lowest BCUT2D eigenvalue weighted by Gasteiger charge is -2.05. The molecule has 0 fully saturated rings. The third-order valence-corrected chi connectivity index (χ3v) is 5.92. The predicted octanol–water partition coefficient (Wildman–Crippen LogP) is 6.53. The zero-order valence-corrected chi connectivity index (χ0v) is 14.1. The Bertz CT molecular complexity index is 962. The Hall–Kier alpha value is -0.910. The van der Waals surface area contributed by atoms with Crippen LogP contribution in [-0.2, 0) is 0 Å². The smallest absolute Gasteiger partial charge is 0.171 e. The van der Waals surface area contributed by atoms with Crippen molar-refractivity contribution in [3.8, 4) is 10.7 Å². The van der Waals surface area contributed by atoms with E-state index in [-0.39, 0.29) is 0 Å². The largest absolute Gasteiger partial charge is 0.226 e. The Morgan fingerprint density at radius 1 is 0.952 bits per heavy atom. The zero-order valence-electron chi connectivity index (χ0n) is 10.2. The van der Waals surface area contributed by atoms with Crippen LogP contribution in [0.4, 0.5) is 0 Å². The van der Waals surface area contributed by atoms with Crippen LogP contribution in [-0.4, -0.2) is 9.97 Å². The van der Waals surface area contributed by atoms with Crippen molar-refractivity contribution in [1.82, 2.24) is 9.97 Å². The molecule has 0 spiro atoms. The first-order valence-electron chi connectivity index (χ1n) is 5.91. The zero-order chi connectivity index (χ0) is 14.6. The van der Waals surface area contributed by atoms with Gasteiger partial charge in [-0.15, -0.1) is 22.7 Å². The predicted molar refractivity (Wildman–Crippen MR) is 93.3 cm³/mol. The first-order valence-corrected chi connectivity index (χ1v) is 8.74. The van der Waals surface area contributed by atoms with Gasteiger partial charge in [-0.1, -0.05) is 34.8 Å². The lowest BCUT2D eigenvalue weighted by molar-refractivity contribution is 1.24. The van der Waals surface area contributed by atoms with E-state index in [1.165, 1.54) is 9.40 Å². The van der Waals surface area contributed by atoms with Crippen LogP contribution in [0.1, 0.15) is 0 Å². The summed E-state index contributed by atoms with van der Waals surface area (Å²) in [7, 11) is 0. The summed E-state index contributed by atoms with van der Waals surface area (Å²) in [5.41, 5.74) is 0.618. The van der Waals surface area contributed by atoms with Crippen molar-refractivity contribution in [2.45, 2.75) is 0 Å². The van der Waals surface area contributed by atoms with Gasteiger partial charge in [-0.25, -0.2) is 9.97 Å². The minimum Gasteiger partial charge on any atom is -0.226 e. The number of benzene rings is 1. The fourth-order valence-electron chi connectivity index (χ4n) is 2.11. The summed E-state index contributed by atoms with van der Waals surface area (Å²) in [6, 6.07) is 7.54. The molecular weight excluding hydrogens is 367 g/mol. The quantitative estimate of drug-likeness (QED) is 0.355. The highest BCUT2D eigenvalue weighted by molar-refractivity contribution is 7.28. The van der Waals surface area contributed by atoms with Crippen LogP contribution >= 0.6 is 57.5 Å². The highest BCUT2D eigenvalue weighted by atomic mass is 35.5. The van der Waals surface area contributed by atoms with Crippen molar-refractivity contribution in [3.63, 3.8) is 0 Å². The third kappa shape index (κ3) is 2.31. The molecule has 1 aromatic carbocycles. The number of hydrogen-bond acceptors (Lipinski definition) is 4. The third-order valence-electron chi connectivity index (χ3n) is 3.03. The summed E-state index contributed by atoms with van der Waals surface area (Å²) >= 11 is 21.8. The molecule has 0 atom stereocenters. The molecule has 104 valence electrons. The second kappa shape index (κ2) is 5.07. The minimum absolute atomic E-state index is 0.358. The van der Waals surface area contributed by atoms with E-state index < -0.39 is 0 Å². The van der Waals surface area contributed by atoms with Gasteiger partial charge < -0.3 is 0 Å². The van der Waals surface area contributed by atoms with E-state index >= 15 is 0 Å². The second-order valence-electron chi connectivity index (χ2n) is 4.38. The van der Waals surface area contributed by atoms with Gasteiger partial charge >= 0.3 is 0 Å². The molecule has 0 saturated heterocycles. The number of rotatable bonds is 1. The molecular formula is C14H5Cl3N2S2. The Morgan fingerprint density at radius 2 is 1.81 bits per heavy atom. The van der Waals surface area contributed by atoms with E-state index in [0.29, 0.717) is 31.9 Å². The van der Waals surface area contributed by atoms with Gasteiger partial charge in [0, 0.05) is 19.8 Å². The molecule has 0 amide bonds. The first-order chi connectivity index (χ1) is 10.1. The van der Waals surface area contributed by atoms with Crippen molar-refractivity contribution >= 4 is 77.8 Å². The van der Waals surface area contributed by atoms with E-state index in [1.807, 2.05) is 0 Å². The topological polar surface area (TPSA) is 25.8 Å². The van der Waals surface area contributed by atoms with Crippen LogP contribution < -0.4 is 0 Å². The molecule has 0 bridgehead atoms. The van der Waals surface area contributed by atoms with Gasteiger partial charge in [0.1, 0.15) is 5.15 Å². The van der Waals surface area contributed by atoms with Crippen LogP contribution in [0.5, 0.6) is 0 Å². The van der Waals surface area contributed by atoms with Gasteiger partial charge in [-0.2, -0.15) is 0 Å². The molecule has 2 nitrogen and oxygen atoms in total. The molecule has 4 aromatic rings. The molecule has 21 heavy (non-hydrogen) atoms. The lowest BCUT2D eigenvalue weighted by Crippen LogP contribution is -1.91. The normalized spacial score (nSPS) is 11.6. The van der Waals surface area contributed by atoms with Crippen LogP contribution in [0.25, 0.3) is 31.0 Å². The van der Waals surface area contributed by atoms with E-state index in [2.05, 4.69) is 27.5 Å². The Balaban J connectivity index is 1.99. The maximum Gasteiger partial charge on any atom is 0.171 e. The van der Waals surface area contributed by atoms with Gasteiger partial charge in [-0.3, -0.25) is 0 Å². The number of halogens is 3. The first kappa shape index (κ1) is 13.7. The average molecular weight is 372 g/mol. The second-order valence-corrected chi connectivity index (χ2v) is 7.61. The van der Waals surface area contributed by atoms with Crippen LogP contribution in [0.15, 0.2) is 29.6 Å². The summed E-state index contributed by atoms with van der Waals surface area (Å²) in [6.45, 7) is 0. The van der Waals surface area contributed by atoms with Gasteiger partial charge in [-0.05, 0) is 29.6 Å². The van der Waals surface area contributed by atoms with E-state index in [0.717, 1.165) is 4.88 Å². The number of thiophene rings is 2. The van der Waals surface area contributed by atoms with Gasteiger partial charge in [0.25, 0.3) is 0 Å². The van der Waals surface area contributed by atoms with Crippen molar-refractivity contribution < 1.29 is 0 Å². The molecule has 3 aromatic heterocycles. The molecule has 0 aliphatic heterocycles. The van der Waals surface area contributed by atoms with Gasteiger partial charge in [0.2, 0.25) is 0 Å². The van der Waals surface area contributed by atoms with Crippen molar-refractivity contribution in [2.75, 3.05) is 0 Å². The highest BCUT2D eigenvalue weighted by Gasteiger charge is 2.14. The Labute approximate surface area is 142 Å². The molecule has 0 N–H and O–H groups in total. The number of hydrogen-bond donors (Lipinski definition) is 0. The Morgan fingerprint density at radius 3 is 2.62 bits per heavy atom. The molecule has 0 aliphatic rings. The van der Waals surface area contributed by atoms with Crippen LogP contribution in [0.2, 0.25) is 15.2 Å². The highest BCUT2D eigenvalue weighted by Crippen LogP contribution is 2.37. The molecule has 3 heterocycles. The maximum absolute atomic E-state index is 6.27. The van der Waals surface area contributed by atoms with Gasteiger partial charge in [0.15, 0.2) is 5.82 Å². The minimum atomic E-state index is 0.358. The summed E-state index contributed by atoms with van der Waals surface area (Å²) in [4.78, 5) is 9.91. The lowest BCUT2D eigenvalue weighted by atomic mass is 10.2. The monoisotopic (exact) mass is 370 g/mol. The van der Waals surface area contributed by atoms with E-state index in [9.17, 15) is 0 Å². The number of fused-ring (bicyclic) bond motifs is 2. The van der Waals surface area contributed by atoms with Crippen molar-refractivity contribution in [2.24, 2.45) is 0 Å². The summed E-state index contributed by atoms with van der Waals surface area (Å²) < 4.78 is 2.44. The molecule has 0 unspecified atom stereocenters.